The molecule has 0 bridgehead atoms. The molecule has 0 aromatic rings. The molecule has 1 saturated carbocycles. The van der Waals surface area contributed by atoms with Crippen molar-refractivity contribution >= 4 is 5.97 Å². The van der Waals surface area contributed by atoms with Crippen LogP contribution in [0.2, 0.25) is 0 Å². The summed E-state index contributed by atoms with van der Waals surface area (Å²) in [4.78, 5) is 13.9. The van der Waals surface area contributed by atoms with Gasteiger partial charge < -0.3 is 10.1 Å². The van der Waals surface area contributed by atoms with Crippen molar-refractivity contribution in [1.29, 1.82) is 0 Å². The minimum Gasteiger partial charge on any atom is -0.468 e. The van der Waals surface area contributed by atoms with Crippen LogP contribution >= 0.6 is 0 Å². The van der Waals surface area contributed by atoms with Crippen molar-refractivity contribution in [3.8, 4) is 0 Å². The Morgan fingerprint density at radius 3 is 2.65 bits per heavy atom. The minimum absolute atomic E-state index is 0.104. The zero-order valence-electron chi connectivity index (χ0n) is 15.2. The van der Waals surface area contributed by atoms with Crippen LogP contribution in [-0.4, -0.2) is 50.2 Å². The number of carbonyl (C=O) groups excluding carboxylic acids is 1. The van der Waals surface area contributed by atoms with Crippen molar-refractivity contribution in [2.75, 3.05) is 33.3 Å². The van der Waals surface area contributed by atoms with Gasteiger partial charge in [-0.05, 0) is 44.1 Å². The van der Waals surface area contributed by atoms with Crippen molar-refractivity contribution in [2.24, 2.45) is 11.8 Å². The van der Waals surface area contributed by atoms with E-state index >= 15 is 0 Å². The van der Waals surface area contributed by atoms with Crippen LogP contribution in [0.3, 0.4) is 0 Å². The predicted molar refractivity (Wildman–Crippen MR) is 94.5 cm³/mol. The van der Waals surface area contributed by atoms with Crippen molar-refractivity contribution in [1.82, 2.24) is 10.2 Å². The zero-order chi connectivity index (χ0) is 16.5. The second-order valence-electron chi connectivity index (χ2n) is 7.62. The average Bonchev–Trinajstić information content (AvgIpc) is 2.59. The van der Waals surface area contributed by atoms with Gasteiger partial charge >= 0.3 is 5.97 Å². The number of methoxy groups -OCH3 is 1. The van der Waals surface area contributed by atoms with Crippen LogP contribution in [0.25, 0.3) is 0 Å². The number of hydrogen-bond acceptors (Lipinski definition) is 4. The van der Waals surface area contributed by atoms with Crippen LogP contribution in [0, 0.1) is 11.8 Å². The summed E-state index contributed by atoms with van der Waals surface area (Å²) in [5, 5.41) is 3.83. The van der Waals surface area contributed by atoms with Gasteiger partial charge in [0, 0.05) is 19.1 Å². The molecular formula is C19H36N2O2. The van der Waals surface area contributed by atoms with E-state index < -0.39 is 0 Å². The van der Waals surface area contributed by atoms with E-state index in [4.69, 9.17) is 4.74 Å². The first kappa shape index (κ1) is 18.7. The fourth-order valence-corrected chi connectivity index (χ4v) is 4.25. The fraction of sp³-hybridized carbons (Fsp3) is 0.947. The summed E-state index contributed by atoms with van der Waals surface area (Å²) in [5.41, 5.74) is 0. The number of unbranched alkanes of at least 4 members (excludes halogenated alkanes) is 1. The Kier molecular flexibility index (Phi) is 8.38. The Morgan fingerprint density at radius 1 is 1.17 bits per heavy atom. The van der Waals surface area contributed by atoms with Crippen LogP contribution in [0.5, 0.6) is 0 Å². The third kappa shape index (κ3) is 6.80. The summed E-state index contributed by atoms with van der Waals surface area (Å²) in [6.45, 7) is 5.91. The third-order valence-corrected chi connectivity index (χ3v) is 5.58. The number of carbonyl (C=O) groups is 1. The van der Waals surface area contributed by atoms with Crippen molar-refractivity contribution in [2.45, 2.75) is 70.8 Å². The molecule has 2 aliphatic rings. The highest BCUT2D eigenvalue weighted by Crippen LogP contribution is 2.25. The molecule has 23 heavy (non-hydrogen) atoms. The lowest BCUT2D eigenvalue weighted by Gasteiger charge is -2.38. The van der Waals surface area contributed by atoms with Gasteiger partial charge in [0.15, 0.2) is 0 Å². The van der Waals surface area contributed by atoms with Gasteiger partial charge in [-0.2, -0.15) is 0 Å². The lowest BCUT2D eigenvalue weighted by Crippen LogP contribution is -2.51. The molecule has 4 nitrogen and oxygen atoms in total. The smallest absolute Gasteiger partial charge is 0.319 e. The molecule has 0 radical (unpaired) electrons. The highest BCUT2D eigenvalue weighted by atomic mass is 16.5. The van der Waals surface area contributed by atoms with Gasteiger partial charge in [0.05, 0.1) is 13.7 Å². The second-order valence-corrected chi connectivity index (χ2v) is 7.62. The topological polar surface area (TPSA) is 41.6 Å². The van der Waals surface area contributed by atoms with Crippen molar-refractivity contribution < 1.29 is 9.53 Å². The van der Waals surface area contributed by atoms with Gasteiger partial charge in [0.2, 0.25) is 0 Å². The Balaban J connectivity index is 1.81. The Labute approximate surface area is 142 Å². The maximum absolute atomic E-state index is 11.6. The molecule has 1 heterocycles. The van der Waals surface area contributed by atoms with Crippen LogP contribution in [0.1, 0.15) is 64.7 Å². The first-order valence-electron chi connectivity index (χ1n) is 9.73. The van der Waals surface area contributed by atoms with Crippen LogP contribution in [-0.2, 0) is 9.53 Å². The van der Waals surface area contributed by atoms with Crippen LogP contribution in [0.15, 0.2) is 0 Å². The summed E-state index contributed by atoms with van der Waals surface area (Å²) in [5.74, 6) is 1.48. The molecule has 1 aliphatic heterocycles. The molecule has 0 spiro atoms. The van der Waals surface area contributed by atoms with E-state index in [2.05, 4.69) is 17.1 Å². The molecular weight excluding hydrogens is 288 g/mol. The van der Waals surface area contributed by atoms with Crippen LogP contribution < -0.4 is 5.32 Å². The largest absolute Gasteiger partial charge is 0.468 e. The lowest BCUT2D eigenvalue weighted by atomic mass is 9.87. The maximum Gasteiger partial charge on any atom is 0.319 e. The number of likely N-dealkylation sites (tertiary alicyclic amines) is 1. The highest BCUT2D eigenvalue weighted by Gasteiger charge is 2.28. The number of nitrogens with one attached hydrogen (secondary N) is 1. The maximum atomic E-state index is 11.6. The van der Waals surface area contributed by atoms with Gasteiger partial charge in [0.25, 0.3) is 0 Å². The SMILES string of the molecule is CCCCC1CC(NCC2CCCCC2)CN(CC(=O)OC)C1. The van der Waals surface area contributed by atoms with E-state index in [1.807, 2.05) is 0 Å². The van der Waals surface area contributed by atoms with E-state index in [1.165, 1.54) is 64.9 Å². The lowest BCUT2D eigenvalue weighted by molar-refractivity contribution is -0.142. The summed E-state index contributed by atoms with van der Waals surface area (Å²) >= 11 is 0. The van der Waals surface area contributed by atoms with Gasteiger partial charge in [0.1, 0.15) is 0 Å². The number of hydrogen-bond donors (Lipinski definition) is 1. The first-order valence-corrected chi connectivity index (χ1v) is 9.73. The average molecular weight is 325 g/mol. The minimum atomic E-state index is -0.104. The third-order valence-electron chi connectivity index (χ3n) is 5.58. The Morgan fingerprint density at radius 2 is 1.96 bits per heavy atom. The molecule has 1 saturated heterocycles. The zero-order valence-corrected chi connectivity index (χ0v) is 15.2. The van der Waals surface area contributed by atoms with E-state index in [1.54, 1.807) is 0 Å². The summed E-state index contributed by atoms with van der Waals surface area (Å²) < 4.78 is 4.86. The molecule has 1 aliphatic carbocycles. The Bertz CT molecular complexity index is 342. The van der Waals surface area contributed by atoms with E-state index in [9.17, 15) is 4.79 Å². The van der Waals surface area contributed by atoms with E-state index in [-0.39, 0.29) is 5.97 Å². The van der Waals surface area contributed by atoms with Gasteiger partial charge in [-0.15, -0.1) is 0 Å². The van der Waals surface area contributed by atoms with Gasteiger partial charge in [-0.1, -0.05) is 39.0 Å². The molecule has 2 unspecified atom stereocenters. The molecule has 0 aromatic heterocycles. The number of rotatable bonds is 8. The Hall–Kier alpha value is -0.610. The quantitative estimate of drug-likeness (QED) is 0.696. The molecule has 0 aromatic carbocycles. The molecule has 4 heteroatoms. The van der Waals surface area contributed by atoms with Crippen LogP contribution in [0.4, 0.5) is 0 Å². The number of ether oxygens (including phenoxy) is 1. The monoisotopic (exact) mass is 324 g/mol. The molecule has 0 amide bonds. The summed E-state index contributed by atoms with van der Waals surface area (Å²) in [6, 6.07) is 0.539. The fourth-order valence-electron chi connectivity index (χ4n) is 4.25. The summed E-state index contributed by atoms with van der Waals surface area (Å²) in [6.07, 6.45) is 12.1. The number of nitrogens with zero attached hydrogens (tertiary/aromatic N) is 1. The highest BCUT2D eigenvalue weighted by molar-refractivity contribution is 5.71. The van der Waals surface area contributed by atoms with Gasteiger partial charge in [-0.25, -0.2) is 0 Å². The molecule has 2 rings (SSSR count). The van der Waals surface area contributed by atoms with Crippen molar-refractivity contribution in [3.63, 3.8) is 0 Å². The molecule has 1 N–H and O–H groups in total. The standard InChI is InChI=1S/C19H36N2O2/c1-3-4-8-17-11-18(14-21(13-17)15-19(22)23-2)20-12-16-9-6-5-7-10-16/h16-18,20H,3-15H2,1-2H3. The molecule has 2 fully saturated rings. The number of piperidine rings is 1. The van der Waals surface area contributed by atoms with Gasteiger partial charge in [-0.3, -0.25) is 9.69 Å². The predicted octanol–water partition coefficient (Wildman–Crippen LogP) is 3.21. The van der Waals surface area contributed by atoms with Crippen molar-refractivity contribution in [3.05, 3.63) is 0 Å². The first-order chi connectivity index (χ1) is 11.2. The second kappa shape index (κ2) is 10.3. The normalized spacial score (nSPS) is 27.0. The number of esters is 1. The van der Waals surface area contributed by atoms with E-state index in [0.717, 1.165) is 31.5 Å². The van der Waals surface area contributed by atoms with E-state index in [0.29, 0.717) is 12.6 Å². The molecule has 134 valence electrons. The molecule has 2 atom stereocenters. The summed E-state index contributed by atoms with van der Waals surface area (Å²) in [7, 11) is 1.49.